The zero-order chi connectivity index (χ0) is 17.4. The monoisotopic (exact) mass is 353 g/mol. The van der Waals surface area contributed by atoms with Gasteiger partial charge in [-0.25, -0.2) is 4.98 Å². The van der Waals surface area contributed by atoms with E-state index in [1.165, 1.54) is 5.39 Å². The standard InChI is InChI=1S/C18H16ClN5O/c1-20-16-15-17(23-18(19)22-16)24(10-21-15)9-11-3-4-12-5-6-14(25-2)8-13(12)7-11/h3-8,10H,9H2,1-2H3,(H,20,22,23). The van der Waals surface area contributed by atoms with E-state index in [-0.39, 0.29) is 5.28 Å². The summed E-state index contributed by atoms with van der Waals surface area (Å²) in [6, 6.07) is 12.4. The summed E-state index contributed by atoms with van der Waals surface area (Å²) in [6.07, 6.45) is 1.76. The van der Waals surface area contributed by atoms with Crippen LogP contribution in [-0.2, 0) is 6.54 Å². The Morgan fingerprint density at radius 2 is 1.96 bits per heavy atom. The summed E-state index contributed by atoms with van der Waals surface area (Å²) in [7, 11) is 3.46. The minimum absolute atomic E-state index is 0.196. The van der Waals surface area contributed by atoms with E-state index in [1.807, 2.05) is 16.7 Å². The van der Waals surface area contributed by atoms with E-state index >= 15 is 0 Å². The number of nitrogens with zero attached hydrogens (tertiary/aromatic N) is 4. The molecule has 0 aliphatic heterocycles. The van der Waals surface area contributed by atoms with Gasteiger partial charge in [-0.3, -0.25) is 0 Å². The van der Waals surface area contributed by atoms with E-state index in [4.69, 9.17) is 16.3 Å². The Kier molecular flexibility index (Phi) is 3.89. The second-order valence-electron chi connectivity index (χ2n) is 5.68. The van der Waals surface area contributed by atoms with Gasteiger partial charge in [0, 0.05) is 7.05 Å². The van der Waals surface area contributed by atoms with E-state index < -0.39 is 0 Å². The number of imidazole rings is 1. The van der Waals surface area contributed by atoms with Gasteiger partial charge in [0.1, 0.15) is 5.75 Å². The molecule has 2 aromatic carbocycles. The van der Waals surface area contributed by atoms with Gasteiger partial charge < -0.3 is 14.6 Å². The first-order valence-electron chi connectivity index (χ1n) is 7.81. The van der Waals surface area contributed by atoms with Crippen LogP contribution in [0.15, 0.2) is 42.7 Å². The molecule has 2 heterocycles. The molecule has 4 rings (SSSR count). The van der Waals surface area contributed by atoms with Crippen molar-refractivity contribution < 1.29 is 4.74 Å². The summed E-state index contributed by atoms with van der Waals surface area (Å²) < 4.78 is 7.27. The first kappa shape index (κ1) is 15.7. The third kappa shape index (κ3) is 2.85. The van der Waals surface area contributed by atoms with Crippen molar-refractivity contribution in [3.63, 3.8) is 0 Å². The Morgan fingerprint density at radius 1 is 1.12 bits per heavy atom. The number of rotatable bonds is 4. The van der Waals surface area contributed by atoms with E-state index in [0.717, 1.165) is 16.7 Å². The molecule has 126 valence electrons. The van der Waals surface area contributed by atoms with Crippen molar-refractivity contribution in [1.82, 2.24) is 19.5 Å². The summed E-state index contributed by atoms with van der Waals surface area (Å²) in [4.78, 5) is 12.9. The quantitative estimate of drug-likeness (QED) is 0.566. The molecule has 0 amide bonds. The van der Waals surface area contributed by atoms with Crippen molar-refractivity contribution in [2.75, 3.05) is 19.5 Å². The number of ether oxygens (including phenoxy) is 1. The smallest absolute Gasteiger partial charge is 0.226 e. The normalized spacial score (nSPS) is 11.2. The largest absolute Gasteiger partial charge is 0.497 e. The average molecular weight is 354 g/mol. The Morgan fingerprint density at radius 3 is 2.76 bits per heavy atom. The van der Waals surface area contributed by atoms with Crippen molar-refractivity contribution >= 4 is 39.4 Å². The Balaban J connectivity index is 1.76. The summed E-state index contributed by atoms with van der Waals surface area (Å²) in [6.45, 7) is 0.639. The number of fused-ring (bicyclic) bond motifs is 2. The van der Waals surface area contributed by atoms with Crippen LogP contribution in [0.1, 0.15) is 5.56 Å². The number of benzene rings is 2. The van der Waals surface area contributed by atoms with Crippen LogP contribution in [0.25, 0.3) is 21.9 Å². The first-order valence-corrected chi connectivity index (χ1v) is 8.18. The molecular formula is C18H16ClN5O. The van der Waals surface area contributed by atoms with Crippen LogP contribution < -0.4 is 10.1 Å². The fourth-order valence-electron chi connectivity index (χ4n) is 2.90. The number of hydrogen-bond acceptors (Lipinski definition) is 5. The fraction of sp³-hybridized carbons (Fsp3) is 0.167. The van der Waals surface area contributed by atoms with Crippen molar-refractivity contribution in [3.8, 4) is 5.75 Å². The summed E-state index contributed by atoms with van der Waals surface area (Å²) in [5, 5.41) is 5.49. The van der Waals surface area contributed by atoms with Crippen LogP contribution >= 0.6 is 11.6 Å². The highest BCUT2D eigenvalue weighted by molar-refractivity contribution is 6.28. The highest BCUT2D eigenvalue weighted by atomic mass is 35.5. The molecule has 0 atom stereocenters. The van der Waals surface area contributed by atoms with Crippen molar-refractivity contribution in [2.45, 2.75) is 6.54 Å². The molecule has 7 heteroatoms. The molecule has 0 radical (unpaired) electrons. The predicted molar refractivity (Wildman–Crippen MR) is 99.5 cm³/mol. The molecule has 0 spiro atoms. The van der Waals surface area contributed by atoms with E-state index in [0.29, 0.717) is 23.5 Å². The van der Waals surface area contributed by atoms with Gasteiger partial charge in [0.2, 0.25) is 5.28 Å². The second-order valence-corrected chi connectivity index (χ2v) is 6.02. The molecule has 0 aliphatic rings. The number of hydrogen-bond donors (Lipinski definition) is 1. The molecule has 0 saturated carbocycles. The van der Waals surface area contributed by atoms with Gasteiger partial charge in [0.25, 0.3) is 0 Å². The summed E-state index contributed by atoms with van der Waals surface area (Å²) in [5.41, 5.74) is 2.55. The molecular weight excluding hydrogens is 338 g/mol. The van der Waals surface area contributed by atoms with E-state index in [9.17, 15) is 0 Å². The lowest BCUT2D eigenvalue weighted by molar-refractivity contribution is 0.415. The molecule has 6 nitrogen and oxygen atoms in total. The molecule has 1 N–H and O–H groups in total. The summed E-state index contributed by atoms with van der Waals surface area (Å²) >= 11 is 6.03. The van der Waals surface area contributed by atoms with Crippen LogP contribution in [0.4, 0.5) is 5.82 Å². The first-order chi connectivity index (χ1) is 12.2. The van der Waals surface area contributed by atoms with Crippen LogP contribution in [0.3, 0.4) is 0 Å². The van der Waals surface area contributed by atoms with Gasteiger partial charge in [0.15, 0.2) is 17.0 Å². The lowest BCUT2D eigenvalue weighted by Crippen LogP contribution is -2.01. The number of methoxy groups -OCH3 is 1. The minimum Gasteiger partial charge on any atom is -0.497 e. The minimum atomic E-state index is 0.196. The zero-order valence-corrected chi connectivity index (χ0v) is 14.6. The highest BCUT2D eigenvalue weighted by Crippen LogP contribution is 2.24. The lowest BCUT2D eigenvalue weighted by atomic mass is 10.1. The lowest BCUT2D eigenvalue weighted by Gasteiger charge is -2.08. The predicted octanol–water partition coefficient (Wildman–Crippen LogP) is 3.73. The maximum Gasteiger partial charge on any atom is 0.226 e. The zero-order valence-electron chi connectivity index (χ0n) is 13.8. The second kappa shape index (κ2) is 6.22. The van der Waals surface area contributed by atoms with Crippen molar-refractivity contribution in [2.24, 2.45) is 0 Å². The molecule has 0 bridgehead atoms. The maximum absolute atomic E-state index is 6.03. The molecule has 25 heavy (non-hydrogen) atoms. The molecule has 2 aromatic heterocycles. The number of aromatic nitrogens is 4. The van der Waals surface area contributed by atoms with E-state index in [1.54, 1.807) is 20.5 Å². The van der Waals surface area contributed by atoms with Crippen LogP contribution in [-0.4, -0.2) is 33.7 Å². The Hall–Kier alpha value is -2.86. The van der Waals surface area contributed by atoms with Gasteiger partial charge in [-0.15, -0.1) is 0 Å². The highest BCUT2D eigenvalue weighted by Gasteiger charge is 2.12. The molecule has 0 unspecified atom stereocenters. The molecule has 0 fully saturated rings. The van der Waals surface area contributed by atoms with Gasteiger partial charge in [-0.05, 0) is 46.1 Å². The van der Waals surface area contributed by atoms with Gasteiger partial charge >= 0.3 is 0 Å². The van der Waals surface area contributed by atoms with Gasteiger partial charge in [-0.1, -0.05) is 18.2 Å². The fourth-order valence-corrected chi connectivity index (χ4v) is 3.07. The Labute approximate surface area is 149 Å². The average Bonchev–Trinajstić information content (AvgIpc) is 3.03. The van der Waals surface area contributed by atoms with Crippen LogP contribution in [0.2, 0.25) is 5.28 Å². The SMILES string of the molecule is CNc1nc(Cl)nc2c1ncn2Cc1ccc2ccc(OC)cc2c1. The number of halogens is 1. The van der Waals surface area contributed by atoms with Gasteiger partial charge in [-0.2, -0.15) is 9.97 Å². The molecule has 4 aromatic rings. The third-order valence-electron chi connectivity index (χ3n) is 4.14. The number of nitrogens with one attached hydrogen (secondary N) is 1. The maximum atomic E-state index is 6.03. The van der Waals surface area contributed by atoms with Crippen LogP contribution in [0, 0.1) is 0 Å². The van der Waals surface area contributed by atoms with E-state index in [2.05, 4.69) is 44.5 Å². The van der Waals surface area contributed by atoms with Crippen LogP contribution in [0.5, 0.6) is 5.75 Å². The van der Waals surface area contributed by atoms with Gasteiger partial charge in [0.05, 0.1) is 20.0 Å². The molecule has 0 aliphatic carbocycles. The third-order valence-corrected chi connectivity index (χ3v) is 4.31. The number of anilines is 1. The van der Waals surface area contributed by atoms with Crippen molar-refractivity contribution in [3.05, 3.63) is 53.6 Å². The summed E-state index contributed by atoms with van der Waals surface area (Å²) in [5.74, 6) is 1.47. The molecule has 0 saturated heterocycles. The topological polar surface area (TPSA) is 64.9 Å². The van der Waals surface area contributed by atoms with Crippen molar-refractivity contribution in [1.29, 1.82) is 0 Å². The Bertz CT molecular complexity index is 1080.